The second-order valence-electron chi connectivity index (χ2n) is 9.51. The van der Waals surface area contributed by atoms with Crippen molar-refractivity contribution in [3.8, 4) is 0 Å². The van der Waals surface area contributed by atoms with Gasteiger partial charge in [0, 0.05) is 26.4 Å². The number of nitrogens with one attached hydrogen (secondary N) is 2. The number of nitrogens with zero attached hydrogens (tertiary/aromatic N) is 2. The van der Waals surface area contributed by atoms with E-state index in [0.29, 0.717) is 0 Å². The normalized spacial score (nSPS) is 13.1. The number of methoxy groups -OCH3 is 1. The third-order valence-corrected chi connectivity index (χ3v) is 5.88. The van der Waals surface area contributed by atoms with Crippen LogP contribution in [0.2, 0.25) is 0 Å². The number of esters is 2. The van der Waals surface area contributed by atoms with Gasteiger partial charge in [-0.1, -0.05) is 19.6 Å². The minimum Gasteiger partial charge on any atom is -0.468 e. The molecule has 0 spiro atoms. The van der Waals surface area contributed by atoms with Crippen molar-refractivity contribution in [3.63, 3.8) is 0 Å². The molecule has 3 atom stereocenters. The van der Waals surface area contributed by atoms with Gasteiger partial charge in [-0.2, -0.15) is 11.8 Å². The third kappa shape index (κ3) is 12.9. The fraction of sp³-hybridized carbons (Fsp3) is 0.680. The first-order valence-corrected chi connectivity index (χ1v) is 13.6. The Balaban J connectivity index is 5.82. The van der Waals surface area contributed by atoms with Gasteiger partial charge in [0.05, 0.1) is 7.11 Å². The number of carbonyl (C=O) groups excluding carboxylic acids is 6. The van der Waals surface area contributed by atoms with Gasteiger partial charge in [0.2, 0.25) is 17.7 Å². The predicted octanol–water partition coefficient (Wildman–Crippen LogP) is 0.573. The van der Waals surface area contributed by atoms with Crippen LogP contribution in [-0.2, 0) is 38.2 Å². The lowest BCUT2D eigenvalue weighted by atomic mass is 10.0. The zero-order valence-corrected chi connectivity index (χ0v) is 24.8. The molecule has 0 aromatic carbocycles. The number of thioether (sulfide) groups is 1. The van der Waals surface area contributed by atoms with Gasteiger partial charge in [0.1, 0.15) is 36.8 Å². The minimum atomic E-state index is -1.30. The summed E-state index contributed by atoms with van der Waals surface area (Å²) in [6.45, 7) is 9.25. The number of amides is 4. The average Bonchev–Trinajstić information content (AvgIpc) is 2.86. The molecule has 0 heterocycles. The first kappa shape index (κ1) is 35.7. The summed E-state index contributed by atoms with van der Waals surface area (Å²) in [5, 5.41) is 4.76. The zero-order chi connectivity index (χ0) is 30.3. The number of hydrogen-bond donors (Lipinski definition) is 2. The molecular weight excluding hydrogens is 532 g/mol. The Bertz CT molecular complexity index is 891. The molecule has 0 aromatic heterocycles. The number of alkyl carbamates (subject to hydrolysis) is 1. The highest BCUT2D eigenvalue weighted by molar-refractivity contribution is 7.98. The SMILES string of the molecule is C=CCOC(=O)[C@@H](CC)C(=O)N(C)[C@@H](CSC)C(=O)N(C)C[C@@H](NC(=O)OC(C)(C)C)C(=O)NCC(=O)OC. The molecule has 0 aliphatic carbocycles. The van der Waals surface area contributed by atoms with E-state index in [1.807, 2.05) is 0 Å². The Labute approximate surface area is 234 Å². The van der Waals surface area contributed by atoms with Crippen LogP contribution in [0.4, 0.5) is 4.79 Å². The minimum absolute atomic E-state index is 0.0493. The van der Waals surface area contributed by atoms with Crippen LogP contribution in [0.5, 0.6) is 0 Å². The topological polar surface area (TPSA) is 161 Å². The molecule has 0 fully saturated rings. The summed E-state index contributed by atoms with van der Waals surface area (Å²) in [4.78, 5) is 78.0. The number of rotatable bonds is 15. The average molecular weight is 575 g/mol. The van der Waals surface area contributed by atoms with Gasteiger partial charge in [-0.25, -0.2) is 4.79 Å². The van der Waals surface area contributed by atoms with Crippen molar-refractivity contribution in [2.75, 3.05) is 52.9 Å². The fourth-order valence-corrected chi connectivity index (χ4v) is 3.89. The van der Waals surface area contributed by atoms with Gasteiger partial charge in [-0.05, 0) is 33.4 Å². The fourth-order valence-electron chi connectivity index (χ4n) is 3.21. The van der Waals surface area contributed by atoms with Crippen molar-refractivity contribution in [3.05, 3.63) is 12.7 Å². The Morgan fingerprint density at radius 3 is 2.18 bits per heavy atom. The standard InChI is InChI=1S/C25H42N4O9S/c1-10-12-37-23(34)16(11-2)21(32)29(7)18(15-39-9)22(33)28(6)14-17(20(31)26-13-19(30)36-8)27-24(35)38-25(3,4)5/h10,16-18H,1,11-15H2,2-9H3,(H,26,31)(H,27,35)/t16-,17+,18-/m0/s1. The molecule has 14 heteroatoms. The molecule has 4 amide bonds. The van der Waals surface area contributed by atoms with Crippen LogP contribution in [0.25, 0.3) is 0 Å². The van der Waals surface area contributed by atoms with Crippen molar-refractivity contribution in [2.24, 2.45) is 5.92 Å². The summed E-state index contributed by atoms with van der Waals surface area (Å²) in [6.07, 6.45) is 2.40. The van der Waals surface area contributed by atoms with E-state index in [2.05, 4.69) is 21.9 Å². The van der Waals surface area contributed by atoms with E-state index in [-0.39, 0.29) is 25.3 Å². The van der Waals surface area contributed by atoms with E-state index < -0.39 is 65.9 Å². The summed E-state index contributed by atoms with van der Waals surface area (Å²) in [7, 11) is 3.97. The van der Waals surface area contributed by atoms with Crippen LogP contribution in [0.3, 0.4) is 0 Å². The number of ether oxygens (including phenoxy) is 3. The van der Waals surface area contributed by atoms with Crippen LogP contribution >= 0.6 is 11.8 Å². The summed E-state index contributed by atoms with van der Waals surface area (Å²) < 4.78 is 14.8. The molecule has 0 unspecified atom stereocenters. The van der Waals surface area contributed by atoms with Crippen LogP contribution < -0.4 is 10.6 Å². The van der Waals surface area contributed by atoms with Gasteiger partial charge < -0.3 is 34.6 Å². The lowest BCUT2D eigenvalue weighted by Crippen LogP contribution is -2.57. The molecule has 0 aliphatic rings. The van der Waals surface area contributed by atoms with Crippen molar-refractivity contribution in [2.45, 2.75) is 51.8 Å². The van der Waals surface area contributed by atoms with Gasteiger partial charge in [-0.15, -0.1) is 0 Å². The Morgan fingerprint density at radius 1 is 1.08 bits per heavy atom. The lowest BCUT2D eigenvalue weighted by molar-refractivity contribution is -0.157. The summed E-state index contributed by atoms with van der Waals surface area (Å²) in [5.74, 6) is -4.22. The maximum Gasteiger partial charge on any atom is 0.408 e. The highest BCUT2D eigenvalue weighted by Gasteiger charge is 2.37. The number of hydrogen-bond acceptors (Lipinski definition) is 10. The van der Waals surface area contributed by atoms with Crippen LogP contribution in [-0.4, -0.2) is 116 Å². The molecule has 13 nitrogen and oxygen atoms in total. The van der Waals surface area contributed by atoms with Gasteiger partial charge in [-0.3, -0.25) is 24.0 Å². The molecule has 0 aliphatic heterocycles. The van der Waals surface area contributed by atoms with E-state index in [1.54, 1.807) is 34.0 Å². The van der Waals surface area contributed by atoms with Crippen molar-refractivity contribution < 1.29 is 43.0 Å². The second kappa shape index (κ2) is 17.3. The third-order valence-electron chi connectivity index (χ3n) is 5.23. The maximum atomic E-state index is 13.5. The lowest BCUT2D eigenvalue weighted by Gasteiger charge is -2.33. The molecular formula is C25H42N4O9S. The Morgan fingerprint density at radius 2 is 1.69 bits per heavy atom. The van der Waals surface area contributed by atoms with E-state index >= 15 is 0 Å². The largest absolute Gasteiger partial charge is 0.468 e. The van der Waals surface area contributed by atoms with Crippen LogP contribution in [0, 0.1) is 5.92 Å². The summed E-state index contributed by atoms with van der Waals surface area (Å²) in [6, 6.07) is -2.29. The molecule has 0 saturated carbocycles. The molecule has 0 radical (unpaired) electrons. The number of carbonyl (C=O) groups is 6. The smallest absolute Gasteiger partial charge is 0.408 e. The van der Waals surface area contributed by atoms with Gasteiger partial charge in [0.15, 0.2) is 0 Å². The van der Waals surface area contributed by atoms with Gasteiger partial charge in [0.25, 0.3) is 0 Å². The van der Waals surface area contributed by atoms with Gasteiger partial charge >= 0.3 is 18.0 Å². The van der Waals surface area contributed by atoms with Crippen LogP contribution in [0.15, 0.2) is 12.7 Å². The Kier molecular flexibility index (Phi) is 15.9. The number of likely N-dealkylation sites (N-methyl/N-ethyl adjacent to an activating group) is 2. The van der Waals surface area contributed by atoms with Crippen molar-refractivity contribution >= 4 is 47.5 Å². The molecule has 39 heavy (non-hydrogen) atoms. The highest BCUT2D eigenvalue weighted by atomic mass is 32.2. The molecule has 222 valence electrons. The van der Waals surface area contributed by atoms with E-state index in [9.17, 15) is 28.8 Å². The monoisotopic (exact) mass is 574 g/mol. The van der Waals surface area contributed by atoms with Crippen molar-refractivity contribution in [1.82, 2.24) is 20.4 Å². The highest BCUT2D eigenvalue weighted by Crippen LogP contribution is 2.16. The van der Waals surface area contributed by atoms with E-state index in [4.69, 9.17) is 9.47 Å². The molecule has 0 rings (SSSR count). The molecule has 2 N–H and O–H groups in total. The van der Waals surface area contributed by atoms with E-state index in [1.165, 1.54) is 41.7 Å². The van der Waals surface area contributed by atoms with E-state index in [0.717, 1.165) is 7.11 Å². The molecule has 0 bridgehead atoms. The second-order valence-corrected chi connectivity index (χ2v) is 10.4. The quantitative estimate of drug-likeness (QED) is 0.122. The van der Waals surface area contributed by atoms with Crippen molar-refractivity contribution in [1.29, 1.82) is 0 Å². The summed E-state index contributed by atoms with van der Waals surface area (Å²) in [5.41, 5.74) is -0.853. The Hall–Kier alpha value is -3.29. The molecule has 0 aromatic rings. The first-order valence-electron chi connectivity index (χ1n) is 12.2. The molecule has 0 saturated heterocycles. The maximum absolute atomic E-state index is 13.5. The van der Waals surface area contributed by atoms with Crippen LogP contribution in [0.1, 0.15) is 34.1 Å². The predicted molar refractivity (Wildman–Crippen MR) is 146 cm³/mol. The first-order chi connectivity index (χ1) is 18.1. The summed E-state index contributed by atoms with van der Waals surface area (Å²) >= 11 is 1.31. The zero-order valence-electron chi connectivity index (χ0n) is 24.0.